The van der Waals surface area contributed by atoms with Gasteiger partial charge in [-0.2, -0.15) is 0 Å². The number of benzene rings is 1. The van der Waals surface area contributed by atoms with E-state index in [4.69, 9.17) is 0 Å². The molecule has 1 atom stereocenters. The van der Waals surface area contributed by atoms with Gasteiger partial charge in [0.1, 0.15) is 0 Å². The molecule has 1 unspecified atom stereocenters. The molecule has 1 amide bonds. The number of amides is 1. The average molecular weight is 433 g/mol. The summed E-state index contributed by atoms with van der Waals surface area (Å²) in [6.45, 7) is 10.6. The summed E-state index contributed by atoms with van der Waals surface area (Å²) in [5.41, 5.74) is 6.13. The Morgan fingerprint density at radius 2 is 2.12 bits per heavy atom. The van der Waals surface area contributed by atoms with Crippen LogP contribution in [0.4, 0.5) is 0 Å². The molecule has 3 heterocycles. The van der Waals surface area contributed by atoms with E-state index < -0.39 is 0 Å². The summed E-state index contributed by atoms with van der Waals surface area (Å²) in [5, 5.41) is 14.6. The maximum Gasteiger partial charge on any atom is 0.273 e. The van der Waals surface area contributed by atoms with Crippen LogP contribution in [0.15, 0.2) is 42.9 Å². The van der Waals surface area contributed by atoms with Gasteiger partial charge in [-0.05, 0) is 86.9 Å². The third-order valence-electron chi connectivity index (χ3n) is 5.83. The highest BCUT2D eigenvalue weighted by molar-refractivity contribution is 5.92. The van der Waals surface area contributed by atoms with Crippen molar-refractivity contribution in [3.63, 3.8) is 0 Å². The van der Waals surface area contributed by atoms with E-state index in [0.717, 1.165) is 18.7 Å². The summed E-state index contributed by atoms with van der Waals surface area (Å²) in [5.74, 6) is 0.290. The number of hydrogen-bond acceptors (Lipinski definition) is 5. The average Bonchev–Trinajstić information content (AvgIpc) is 3.23. The van der Waals surface area contributed by atoms with E-state index in [1.165, 1.54) is 35.1 Å². The van der Waals surface area contributed by atoms with Crippen molar-refractivity contribution in [1.29, 1.82) is 0 Å². The predicted molar refractivity (Wildman–Crippen MR) is 126 cm³/mol. The van der Waals surface area contributed by atoms with Crippen molar-refractivity contribution < 1.29 is 4.79 Å². The second kappa shape index (κ2) is 9.20. The van der Waals surface area contributed by atoms with Gasteiger partial charge in [0.2, 0.25) is 0 Å². The first-order valence-corrected chi connectivity index (χ1v) is 11.3. The van der Waals surface area contributed by atoms with Crippen LogP contribution in [0.5, 0.6) is 0 Å². The summed E-state index contributed by atoms with van der Waals surface area (Å²) in [4.78, 5) is 16.7. The first-order chi connectivity index (χ1) is 15.3. The van der Waals surface area contributed by atoms with Crippen LogP contribution in [0.2, 0.25) is 0 Å². The molecule has 0 radical (unpaired) electrons. The minimum absolute atomic E-state index is 0.210. The molecule has 0 aliphatic carbocycles. The van der Waals surface area contributed by atoms with Crippen LogP contribution in [-0.2, 0) is 6.54 Å². The van der Waals surface area contributed by atoms with Crippen molar-refractivity contribution in [1.82, 2.24) is 30.6 Å². The van der Waals surface area contributed by atoms with Gasteiger partial charge >= 0.3 is 0 Å². The number of aryl methyl sites for hydroxylation is 1. The number of carbonyl (C=O) groups is 1. The maximum absolute atomic E-state index is 12.3. The lowest BCUT2D eigenvalue weighted by molar-refractivity contribution is 0.0914. The van der Waals surface area contributed by atoms with Crippen molar-refractivity contribution in [2.75, 3.05) is 13.1 Å². The maximum atomic E-state index is 12.3. The number of nitrogens with one attached hydrogen (secondary N) is 2. The van der Waals surface area contributed by atoms with Crippen LogP contribution in [0.25, 0.3) is 11.1 Å². The van der Waals surface area contributed by atoms with Crippen molar-refractivity contribution in [2.45, 2.75) is 58.5 Å². The molecule has 4 rings (SSSR count). The standard InChI is InChI=1S/C25H32N6O/c1-17-12-18(21-9-11-27-14-22(21)19-6-5-10-26-13-19)7-8-20(17)15-31-16-23(29-30-31)24(32)28-25(2,3)4/h7-9,11-12,14,16,19,26H,5-6,10,13,15H2,1-4H3,(H,28,32). The van der Waals surface area contributed by atoms with Gasteiger partial charge in [0.25, 0.3) is 5.91 Å². The molecule has 2 aromatic heterocycles. The summed E-state index contributed by atoms with van der Waals surface area (Å²) < 4.78 is 1.71. The van der Waals surface area contributed by atoms with E-state index in [2.05, 4.69) is 57.1 Å². The zero-order chi connectivity index (χ0) is 22.7. The molecule has 7 heteroatoms. The zero-order valence-corrected chi connectivity index (χ0v) is 19.4. The minimum Gasteiger partial charge on any atom is -0.346 e. The third kappa shape index (κ3) is 5.22. The largest absolute Gasteiger partial charge is 0.346 e. The van der Waals surface area contributed by atoms with Crippen LogP contribution in [-0.4, -0.2) is 44.5 Å². The van der Waals surface area contributed by atoms with Gasteiger partial charge in [0.15, 0.2) is 5.69 Å². The predicted octanol–water partition coefficient (Wildman–Crippen LogP) is 3.69. The number of aromatic nitrogens is 4. The van der Waals surface area contributed by atoms with E-state index in [9.17, 15) is 4.79 Å². The van der Waals surface area contributed by atoms with Gasteiger partial charge in [0, 0.05) is 24.5 Å². The SMILES string of the molecule is Cc1cc(-c2ccncc2C2CCCNC2)ccc1Cn1cc(C(=O)NC(C)(C)C)nn1. The summed E-state index contributed by atoms with van der Waals surface area (Å²) in [7, 11) is 0. The van der Waals surface area contributed by atoms with Crippen LogP contribution in [0.1, 0.15) is 66.7 Å². The number of nitrogens with zero attached hydrogens (tertiary/aromatic N) is 4. The summed E-state index contributed by atoms with van der Waals surface area (Å²) in [6, 6.07) is 8.66. The highest BCUT2D eigenvalue weighted by Gasteiger charge is 2.20. The van der Waals surface area contributed by atoms with Crippen LogP contribution >= 0.6 is 0 Å². The molecule has 1 fully saturated rings. The fourth-order valence-corrected chi connectivity index (χ4v) is 4.21. The van der Waals surface area contributed by atoms with Gasteiger partial charge in [-0.25, -0.2) is 4.68 Å². The number of rotatable bonds is 5. The smallest absolute Gasteiger partial charge is 0.273 e. The highest BCUT2D eigenvalue weighted by atomic mass is 16.2. The molecule has 0 spiro atoms. The Balaban J connectivity index is 1.52. The van der Waals surface area contributed by atoms with E-state index in [1.54, 1.807) is 10.9 Å². The monoisotopic (exact) mass is 432 g/mol. The van der Waals surface area contributed by atoms with E-state index in [1.807, 2.05) is 33.2 Å². The van der Waals surface area contributed by atoms with Crippen molar-refractivity contribution in [3.8, 4) is 11.1 Å². The summed E-state index contributed by atoms with van der Waals surface area (Å²) in [6.07, 6.45) is 7.99. The lowest BCUT2D eigenvalue weighted by atomic mass is 9.87. The van der Waals surface area contributed by atoms with Gasteiger partial charge < -0.3 is 10.6 Å². The molecule has 32 heavy (non-hydrogen) atoms. The molecule has 1 aliphatic heterocycles. The second-order valence-corrected chi connectivity index (χ2v) is 9.65. The van der Waals surface area contributed by atoms with Crippen LogP contribution < -0.4 is 10.6 Å². The molecule has 2 N–H and O–H groups in total. The lowest BCUT2D eigenvalue weighted by Crippen LogP contribution is -2.40. The van der Waals surface area contributed by atoms with E-state index in [0.29, 0.717) is 18.2 Å². The molecule has 1 saturated heterocycles. The van der Waals surface area contributed by atoms with Gasteiger partial charge in [-0.3, -0.25) is 9.78 Å². The fourth-order valence-electron chi connectivity index (χ4n) is 4.21. The number of hydrogen-bond donors (Lipinski definition) is 2. The molecular weight excluding hydrogens is 400 g/mol. The Kier molecular flexibility index (Phi) is 6.37. The number of carbonyl (C=O) groups excluding carboxylic acids is 1. The first kappa shape index (κ1) is 22.1. The van der Waals surface area contributed by atoms with Gasteiger partial charge in [-0.1, -0.05) is 23.4 Å². The molecule has 1 aromatic carbocycles. The van der Waals surface area contributed by atoms with Crippen LogP contribution in [0, 0.1) is 6.92 Å². The molecule has 7 nitrogen and oxygen atoms in total. The molecule has 168 valence electrons. The van der Waals surface area contributed by atoms with E-state index >= 15 is 0 Å². The van der Waals surface area contributed by atoms with E-state index in [-0.39, 0.29) is 11.4 Å². The van der Waals surface area contributed by atoms with Crippen LogP contribution in [0.3, 0.4) is 0 Å². The number of pyridine rings is 1. The van der Waals surface area contributed by atoms with Crippen molar-refractivity contribution in [3.05, 3.63) is 65.2 Å². The Morgan fingerprint density at radius 3 is 2.84 bits per heavy atom. The zero-order valence-electron chi connectivity index (χ0n) is 19.4. The topological polar surface area (TPSA) is 84.7 Å². The van der Waals surface area contributed by atoms with Crippen molar-refractivity contribution >= 4 is 5.91 Å². The summed E-state index contributed by atoms with van der Waals surface area (Å²) >= 11 is 0. The molecule has 3 aromatic rings. The molecule has 0 bridgehead atoms. The third-order valence-corrected chi connectivity index (χ3v) is 5.83. The highest BCUT2D eigenvalue weighted by Crippen LogP contribution is 2.33. The van der Waals surface area contributed by atoms with Gasteiger partial charge in [-0.15, -0.1) is 5.10 Å². The Hall–Kier alpha value is -3.06. The number of piperidine rings is 1. The second-order valence-electron chi connectivity index (χ2n) is 9.65. The minimum atomic E-state index is -0.313. The Morgan fingerprint density at radius 1 is 1.28 bits per heavy atom. The molecule has 0 saturated carbocycles. The molecule has 1 aliphatic rings. The van der Waals surface area contributed by atoms with Gasteiger partial charge in [0.05, 0.1) is 12.7 Å². The first-order valence-electron chi connectivity index (χ1n) is 11.3. The molecular formula is C25H32N6O. The lowest BCUT2D eigenvalue weighted by Gasteiger charge is -2.25. The Bertz CT molecular complexity index is 1090. The normalized spacial score (nSPS) is 16.7. The van der Waals surface area contributed by atoms with Crippen molar-refractivity contribution in [2.24, 2.45) is 0 Å². The Labute approximate surface area is 189 Å². The fraction of sp³-hybridized carbons (Fsp3) is 0.440. The quantitative estimate of drug-likeness (QED) is 0.642.